The second kappa shape index (κ2) is 5.72. The van der Waals surface area contributed by atoms with Gasteiger partial charge in [-0.1, -0.05) is 12.8 Å². The molecule has 2 aliphatic carbocycles. The van der Waals surface area contributed by atoms with Crippen LogP contribution in [0.2, 0.25) is 0 Å². The average Bonchev–Trinajstić information content (AvgIpc) is 3.32. The third-order valence-electron chi connectivity index (χ3n) is 4.70. The number of nitriles is 1. The molecule has 3 rings (SSSR count). The first-order valence-corrected chi connectivity index (χ1v) is 7.62. The summed E-state index contributed by atoms with van der Waals surface area (Å²) in [6.45, 7) is 0. The van der Waals surface area contributed by atoms with Gasteiger partial charge >= 0.3 is 0 Å². The van der Waals surface area contributed by atoms with Crippen molar-refractivity contribution in [3.05, 3.63) is 33.9 Å². The summed E-state index contributed by atoms with van der Waals surface area (Å²) in [5, 5.41) is 23.4. The van der Waals surface area contributed by atoms with Crippen molar-refractivity contribution in [1.29, 1.82) is 5.26 Å². The summed E-state index contributed by atoms with van der Waals surface area (Å²) in [6, 6.07) is 6.92. The van der Waals surface area contributed by atoms with E-state index < -0.39 is 4.92 Å². The molecule has 2 aliphatic rings. The topological polar surface area (TPSA) is 79.0 Å². The minimum atomic E-state index is -0.464. The molecule has 2 unspecified atom stereocenters. The van der Waals surface area contributed by atoms with Crippen LogP contribution in [0, 0.1) is 33.3 Å². The number of hydrogen-bond acceptors (Lipinski definition) is 4. The van der Waals surface area contributed by atoms with E-state index in [0.29, 0.717) is 11.6 Å². The molecule has 0 bridgehead atoms. The first-order chi connectivity index (χ1) is 10.2. The molecule has 5 nitrogen and oxygen atoms in total. The van der Waals surface area contributed by atoms with E-state index in [0.717, 1.165) is 30.4 Å². The van der Waals surface area contributed by atoms with Gasteiger partial charge in [-0.05, 0) is 43.6 Å². The maximum Gasteiger partial charge on any atom is 0.270 e. The number of nitro benzene ring substituents is 1. The molecule has 1 aromatic carbocycles. The lowest BCUT2D eigenvalue weighted by Crippen LogP contribution is -2.28. The Morgan fingerprint density at radius 2 is 2.05 bits per heavy atom. The fourth-order valence-corrected chi connectivity index (χ4v) is 3.44. The number of non-ortho nitro benzene ring substituents is 1. The van der Waals surface area contributed by atoms with Crippen LogP contribution in [0.3, 0.4) is 0 Å². The third-order valence-corrected chi connectivity index (χ3v) is 4.70. The van der Waals surface area contributed by atoms with Gasteiger partial charge in [-0.3, -0.25) is 10.1 Å². The van der Waals surface area contributed by atoms with Crippen molar-refractivity contribution in [2.45, 2.75) is 44.6 Å². The Morgan fingerprint density at radius 3 is 2.71 bits per heavy atom. The van der Waals surface area contributed by atoms with Crippen LogP contribution in [0.4, 0.5) is 11.4 Å². The van der Waals surface area contributed by atoms with Crippen molar-refractivity contribution in [3.63, 3.8) is 0 Å². The zero-order valence-corrected chi connectivity index (χ0v) is 11.9. The van der Waals surface area contributed by atoms with E-state index in [9.17, 15) is 15.4 Å². The number of anilines is 1. The molecule has 21 heavy (non-hydrogen) atoms. The predicted molar refractivity (Wildman–Crippen MR) is 79.9 cm³/mol. The van der Waals surface area contributed by atoms with Crippen LogP contribution in [-0.4, -0.2) is 11.0 Å². The highest BCUT2D eigenvalue weighted by atomic mass is 16.6. The SMILES string of the molecule is N#Cc1cc([N+](=O)[O-])ccc1NC1CCCC(C2CC2)C1. The van der Waals surface area contributed by atoms with Crippen molar-refractivity contribution in [2.24, 2.45) is 11.8 Å². The van der Waals surface area contributed by atoms with Gasteiger partial charge in [0, 0.05) is 18.2 Å². The summed E-state index contributed by atoms with van der Waals surface area (Å²) in [5.41, 5.74) is 1.05. The molecule has 2 saturated carbocycles. The molecule has 110 valence electrons. The second-order valence-electron chi connectivity index (χ2n) is 6.20. The Bertz CT molecular complexity index is 590. The first kappa shape index (κ1) is 13.9. The van der Waals surface area contributed by atoms with Gasteiger partial charge in [-0.25, -0.2) is 0 Å². The van der Waals surface area contributed by atoms with Gasteiger partial charge in [-0.15, -0.1) is 0 Å². The monoisotopic (exact) mass is 285 g/mol. The minimum Gasteiger partial charge on any atom is -0.381 e. The minimum absolute atomic E-state index is 0.0309. The van der Waals surface area contributed by atoms with Gasteiger partial charge in [0.05, 0.1) is 16.2 Å². The van der Waals surface area contributed by atoms with Gasteiger partial charge in [-0.2, -0.15) is 5.26 Å². The van der Waals surface area contributed by atoms with Gasteiger partial charge in [0.2, 0.25) is 0 Å². The van der Waals surface area contributed by atoms with Crippen LogP contribution in [0.5, 0.6) is 0 Å². The molecule has 0 heterocycles. The van der Waals surface area contributed by atoms with Crippen LogP contribution >= 0.6 is 0 Å². The average molecular weight is 285 g/mol. The van der Waals surface area contributed by atoms with Crippen molar-refractivity contribution in [2.75, 3.05) is 5.32 Å². The van der Waals surface area contributed by atoms with E-state index >= 15 is 0 Å². The Kier molecular flexibility index (Phi) is 3.78. The summed E-state index contributed by atoms with van der Waals surface area (Å²) in [4.78, 5) is 10.3. The smallest absolute Gasteiger partial charge is 0.270 e. The van der Waals surface area contributed by atoms with E-state index in [4.69, 9.17) is 0 Å². The summed E-state index contributed by atoms with van der Waals surface area (Å²) < 4.78 is 0. The highest BCUT2D eigenvalue weighted by Crippen LogP contribution is 2.44. The molecule has 0 spiro atoms. The summed E-state index contributed by atoms with van der Waals surface area (Å²) in [5.74, 6) is 1.74. The maximum atomic E-state index is 10.8. The molecule has 2 atom stereocenters. The lowest BCUT2D eigenvalue weighted by Gasteiger charge is -2.30. The van der Waals surface area contributed by atoms with Gasteiger partial charge in [0.15, 0.2) is 0 Å². The standard InChI is InChI=1S/C16H19N3O2/c17-10-13-9-15(19(20)21)6-7-16(13)18-14-3-1-2-12(8-14)11-4-5-11/h6-7,9,11-12,14,18H,1-5,8H2. The molecule has 1 N–H and O–H groups in total. The molecule has 0 radical (unpaired) electrons. The van der Waals surface area contributed by atoms with E-state index in [2.05, 4.69) is 11.4 Å². The largest absolute Gasteiger partial charge is 0.381 e. The van der Waals surface area contributed by atoms with Gasteiger partial charge in [0.1, 0.15) is 6.07 Å². The van der Waals surface area contributed by atoms with E-state index in [-0.39, 0.29) is 5.69 Å². The van der Waals surface area contributed by atoms with E-state index in [1.807, 2.05) is 0 Å². The molecular formula is C16H19N3O2. The molecule has 5 heteroatoms. The number of nitrogens with one attached hydrogen (secondary N) is 1. The molecule has 0 amide bonds. The Balaban J connectivity index is 1.71. The summed E-state index contributed by atoms with van der Waals surface area (Å²) in [7, 11) is 0. The van der Waals surface area contributed by atoms with Crippen molar-refractivity contribution < 1.29 is 4.92 Å². The lowest BCUT2D eigenvalue weighted by atomic mass is 9.82. The molecule has 0 aliphatic heterocycles. The fourth-order valence-electron chi connectivity index (χ4n) is 3.44. The van der Waals surface area contributed by atoms with Crippen LogP contribution in [0.1, 0.15) is 44.1 Å². The number of nitro groups is 1. The van der Waals surface area contributed by atoms with Crippen molar-refractivity contribution in [3.8, 4) is 6.07 Å². The molecule has 1 aromatic rings. The first-order valence-electron chi connectivity index (χ1n) is 7.62. The highest BCUT2D eigenvalue weighted by molar-refractivity contribution is 5.61. The van der Waals surface area contributed by atoms with E-state index in [1.165, 1.54) is 37.8 Å². The van der Waals surface area contributed by atoms with E-state index in [1.54, 1.807) is 6.07 Å². The second-order valence-corrected chi connectivity index (χ2v) is 6.20. The number of nitrogens with zero attached hydrogens (tertiary/aromatic N) is 2. The third kappa shape index (κ3) is 3.15. The maximum absolute atomic E-state index is 10.8. The van der Waals surface area contributed by atoms with Crippen LogP contribution in [0.15, 0.2) is 18.2 Å². The normalized spacial score (nSPS) is 25.1. The van der Waals surface area contributed by atoms with Gasteiger partial charge < -0.3 is 5.32 Å². The lowest BCUT2D eigenvalue weighted by molar-refractivity contribution is -0.384. The summed E-state index contributed by atoms with van der Waals surface area (Å²) >= 11 is 0. The zero-order chi connectivity index (χ0) is 14.8. The molecule has 2 fully saturated rings. The Hall–Kier alpha value is -2.09. The van der Waals surface area contributed by atoms with Gasteiger partial charge in [0.25, 0.3) is 5.69 Å². The summed E-state index contributed by atoms with van der Waals surface area (Å²) in [6.07, 6.45) is 7.58. The van der Waals surface area contributed by atoms with Crippen LogP contribution < -0.4 is 5.32 Å². The highest BCUT2D eigenvalue weighted by Gasteiger charge is 2.34. The van der Waals surface area contributed by atoms with Crippen LogP contribution in [0.25, 0.3) is 0 Å². The van der Waals surface area contributed by atoms with Crippen LogP contribution in [-0.2, 0) is 0 Å². The number of rotatable bonds is 4. The van der Waals surface area contributed by atoms with Crippen molar-refractivity contribution >= 4 is 11.4 Å². The predicted octanol–water partition coefficient (Wildman–Crippen LogP) is 3.85. The Morgan fingerprint density at radius 1 is 1.24 bits per heavy atom. The zero-order valence-electron chi connectivity index (χ0n) is 11.9. The fraction of sp³-hybridized carbons (Fsp3) is 0.562. The number of hydrogen-bond donors (Lipinski definition) is 1. The molecular weight excluding hydrogens is 266 g/mol. The molecule has 0 aromatic heterocycles. The van der Waals surface area contributed by atoms with Crippen molar-refractivity contribution in [1.82, 2.24) is 0 Å². The quantitative estimate of drug-likeness (QED) is 0.673. The number of benzene rings is 1. The molecule has 0 saturated heterocycles. The Labute approximate surface area is 124 Å².